The van der Waals surface area contributed by atoms with Crippen LogP contribution in [0.15, 0.2) is 39.8 Å². The van der Waals surface area contributed by atoms with E-state index in [9.17, 15) is 8.42 Å². The lowest BCUT2D eigenvalue weighted by molar-refractivity contribution is 0.348. The Morgan fingerprint density at radius 3 is 2.55 bits per heavy atom. The molecule has 120 valence electrons. The van der Waals surface area contributed by atoms with Crippen LogP contribution in [-0.2, 0) is 16.4 Å². The minimum absolute atomic E-state index is 0.199. The zero-order valence-electron chi connectivity index (χ0n) is 12.8. The Hall–Kier alpha value is -1.77. The molecule has 0 aliphatic rings. The van der Waals surface area contributed by atoms with Crippen LogP contribution in [0.2, 0.25) is 0 Å². The lowest BCUT2D eigenvalue weighted by atomic mass is 10.2. The van der Waals surface area contributed by atoms with Crippen LogP contribution in [0.25, 0.3) is 0 Å². The summed E-state index contributed by atoms with van der Waals surface area (Å²) in [5.41, 5.74) is 0. The fraction of sp³-hybridized carbons (Fsp3) is 0.429. The third-order valence-electron chi connectivity index (χ3n) is 3.22. The molecule has 1 heterocycles. The standard InChI is InChI=1S/C14H20N4O3S/c1-10(15-3)9-13-16-14(21-17-13)11(2)18-22(19,20)12-7-5-4-6-8-12/h4-8,10-11,15,18H,9H2,1-3H3. The normalized spacial score (nSPS) is 14.7. The number of likely N-dealkylation sites (N-methyl/N-ethyl adjacent to an activating group) is 1. The average Bonchev–Trinajstić information content (AvgIpc) is 2.96. The van der Waals surface area contributed by atoms with Crippen LogP contribution < -0.4 is 10.0 Å². The molecule has 0 spiro atoms. The molecule has 8 heteroatoms. The molecule has 0 radical (unpaired) electrons. The van der Waals surface area contributed by atoms with E-state index >= 15 is 0 Å². The fourth-order valence-corrected chi connectivity index (χ4v) is 3.07. The summed E-state index contributed by atoms with van der Waals surface area (Å²) in [7, 11) is -1.77. The Bertz CT molecular complexity index is 700. The predicted molar refractivity (Wildman–Crippen MR) is 81.7 cm³/mol. The van der Waals surface area contributed by atoms with E-state index in [2.05, 4.69) is 20.2 Å². The first kappa shape index (κ1) is 16.6. The van der Waals surface area contributed by atoms with Gasteiger partial charge >= 0.3 is 0 Å². The molecule has 2 N–H and O–H groups in total. The first-order chi connectivity index (χ1) is 10.4. The number of nitrogens with zero attached hydrogens (tertiary/aromatic N) is 2. The van der Waals surface area contributed by atoms with Crippen molar-refractivity contribution < 1.29 is 12.9 Å². The molecule has 7 nitrogen and oxygen atoms in total. The van der Waals surface area contributed by atoms with E-state index in [1.165, 1.54) is 12.1 Å². The zero-order valence-corrected chi connectivity index (χ0v) is 13.6. The maximum atomic E-state index is 12.2. The molecule has 2 unspecified atom stereocenters. The van der Waals surface area contributed by atoms with Crippen LogP contribution in [0.3, 0.4) is 0 Å². The predicted octanol–water partition coefficient (Wildman–Crippen LogP) is 1.26. The molecule has 2 aromatic rings. The van der Waals surface area contributed by atoms with Gasteiger partial charge in [0.1, 0.15) is 0 Å². The van der Waals surface area contributed by atoms with Crippen molar-refractivity contribution in [2.24, 2.45) is 0 Å². The highest BCUT2D eigenvalue weighted by molar-refractivity contribution is 7.89. The van der Waals surface area contributed by atoms with Gasteiger partial charge in [0.25, 0.3) is 0 Å². The van der Waals surface area contributed by atoms with E-state index in [4.69, 9.17) is 4.52 Å². The summed E-state index contributed by atoms with van der Waals surface area (Å²) in [5.74, 6) is 0.792. The van der Waals surface area contributed by atoms with Crippen LogP contribution in [0.1, 0.15) is 31.6 Å². The molecule has 1 aromatic carbocycles. The van der Waals surface area contributed by atoms with Gasteiger partial charge in [-0.05, 0) is 33.0 Å². The number of sulfonamides is 1. The average molecular weight is 324 g/mol. The van der Waals surface area contributed by atoms with Gasteiger partial charge in [0, 0.05) is 12.5 Å². The molecular weight excluding hydrogens is 304 g/mol. The first-order valence-corrected chi connectivity index (χ1v) is 8.48. The Morgan fingerprint density at radius 2 is 1.91 bits per heavy atom. The van der Waals surface area contributed by atoms with Gasteiger partial charge in [0.15, 0.2) is 5.82 Å². The van der Waals surface area contributed by atoms with E-state index < -0.39 is 16.1 Å². The van der Waals surface area contributed by atoms with Crippen molar-refractivity contribution in [1.29, 1.82) is 0 Å². The molecule has 22 heavy (non-hydrogen) atoms. The summed E-state index contributed by atoms with van der Waals surface area (Å²) in [5, 5.41) is 6.95. The van der Waals surface area contributed by atoms with Crippen LogP contribution in [0, 0.1) is 0 Å². The van der Waals surface area contributed by atoms with E-state index in [0.717, 1.165) is 0 Å². The molecule has 0 aliphatic carbocycles. The lowest BCUT2D eigenvalue weighted by Crippen LogP contribution is -2.27. The monoisotopic (exact) mass is 324 g/mol. The van der Waals surface area contributed by atoms with Gasteiger partial charge < -0.3 is 9.84 Å². The van der Waals surface area contributed by atoms with Gasteiger partial charge in [0.05, 0.1) is 10.9 Å². The second-order valence-electron chi connectivity index (χ2n) is 5.10. The van der Waals surface area contributed by atoms with E-state index in [0.29, 0.717) is 12.2 Å². The molecule has 0 aliphatic heterocycles. The van der Waals surface area contributed by atoms with Gasteiger partial charge in [-0.25, -0.2) is 8.42 Å². The molecule has 0 saturated heterocycles. The van der Waals surface area contributed by atoms with Crippen LogP contribution in [0.5, 0.6) is 0 Å². The number of rotatable bonds is 7. The van der Waals surface area contributed by atoms with Crippen molar-refractivity contribution in [2.45, 2.75) is 37.2 Å². The van der Waals surface area contributed by atoms with E-state index in [-0.39, 0.29) is 16.8 Å². The summed E-state index contributed by atoms with van der Waals surface area (Å²) in [4.78, 5) is 4.43. The highest BCUT2D eigenvalue weighted by Crippen LogP contribution is 2.15. The third-order valence-corrected chi connectivity index (χ3v) is 4.78. The second-order valence-corrected chi connectivity index (χ2v) is 6.81. The van der Waals surface area contributed by atoms with Gasteiger partial charge in [-0.3, -0.25) is 0 Å². The van der Waals surface area contributed by atoms with E-state index in [1.807, 2.05) is 14.0 Å². The Labute approximate surface area is 130 Å². The maximum Gasteiger partial charge on any atom is 0.244 e. The molecule has 0 fully saturated rings. The fourth-order valence-electron chi connectivity index (χ4n) is 1.85. The summed E-state index contributed by atoms with van der Waals surface area (Å²) < 4.78 is 32.1. The van der Waals surface area contributed by atoms with Crippen molar-refractivity contribution >= 4 is 10.0 Å². The van der Waals surface area contributed by atoms with Crippen molar-refractivity contribution in [2.75, 3.05) is 7.05 Å². The highest BCUT2D eigenvalue weighted by Gasteiger charge is 2.22. The topological polar surface area (TPSA) is 97.1 Å². The Balaban J connectivity index is 2.08. The molecule has 1 aromatic heterocycles. The SMILES string of the molecule is CNC(C)Cc1noc(C(C)NS(=O)(=O)c2ccccc2)n1. The second kappa shape index (κ2) is 6.99. The first-order valence-electron chi connectivity index (χ1n) is 6.99. The molecule has 0 bridgehead atoms. The Kier molecular flexibility index (Phi) is 5.28. The highest BCUT2D eigenvalue weighted by atomic mass is 32.2. The minimum atomic E-state index is -3.62. The van der Waals surface area contributed by atoms with Crippen LogP contribution >= 0.6 is 0 Å². The lowest BCUT2D eigenvalue weighted by Gasteiger charge is -2.10. The molecular formula is C14H20N4O3S. The summed E-state index contributed by atoms with van der Waals surface area (Å²) >= 11 is 0. The third kappa shape index (κ3) is 4.12. The quantitative estimate of drug-likeness (QED) is 0.796. The minimum Gasteiger partial charge on any atom is -0.338 e. The molecule has 0 saturated carbocycles. The number of benzene rings is 1. The maximum absolute atomic E-state index is 12.2. The van der Waals surface area contributed by atoms with Gasteiger partial charge in [-0.2, -0.15) is 9.71 Å². The molecule has 0 amide bonds. The summed E-state index contributed by atoms with van der Waals surface area (Å²) in [6.07, 6.45) is 0.609. The number of hydrogen-bond donors (Lipinski definition) is 2. The number of hydrogen-bond acceptors (Lipinski definition) is 6. The molecule has 2 atom stereocenters. The van der Waals surface area contributed by atoms with Crippen LogP contribution in [-0.4, -0.2) is 31.6 Å². The van der Waals surface area contributed by atoms with Crippen molar-refractivity contribution in [3.8, 4) is 0 Å². The summed E-state index contributed by atoms with van der Waals surface area (Å²) in [6, 6.07) is 7.77. The van der Waals surface area contributed by atoms with Crippen molar-refractivity contribution in [3.05, 3.63) is 42.0 Å². The number of aromatic nitrogens is 2. The zero-order chi connectivity index (χ0) is 16.2. The van der Waals surface area contributed by atoms with Crippen molar-refractivity contribution in [3.63, 3.8) is 0 Å². The van der Waals surface area contributed by atoms with Crippen LogP contribution in [0.4, 0.5) is 0 Å². The Morgan fingerprint density at radius 1 is 1.23 bits per heavy atom. The van der Waals surface area contributed by atoms with Gasteiger partial charge in [-0.1, -0.05) is 23.4 Å². The van der Waals surface area contributed by atoms with Crippen molar-refractivity contribution in [1.82, 2.24) is 20.2 Å². The summed E-state index contributed by atoms with van der Waals surface area (Å²) in [6.45, 7) is 3.66. The molecule has 2 rings (SSSR count). The smallest absolute Gasteiger partial charge is 0.244 e. The van der Waals surface area contributed by atoms with Gasteiger partial charge in [-0.15, -0.1) is 0 Å². The number of nitrogens with one attached hydrogen (secondary N) is 2. The van der Waals surface area contributed by atoms with Gasteiger partial charge in [0.2, 0.25) is 15.9 Å². The van der Waals surface area contributed by atoms with E-state index in [1.54, 1.807) is 25.1 Å². The largest absolute Gasteiger partial charge is 0.338 e.